The normalized spacial score (nSPS) is 16.0. The molecule has 2 aromatic rings. The number of hydrogen-bond acceptors (Lipinski definition) is 6. The van der Waals surface area contributed by atoms with Crippen LogP contribution in [0.5, 0.6) is 0 Å². The summed E-state index contributed by atoms with van der Waals surface area (Å²) in [6.45, 7) is 4.35. The zero-order valence-electron chi connectivity index (χ0n) is 25.2. The molecule has 2 aromatic carbocycles. The minimum Gasteiger partial charge on any atom is -0.380 e. The van der Waals surface area contributed by atoms with Crippen molar-refractivity contribution in [3.8, 4) is 0 Å². The number of nitrogens with one attached hydrogen (secondary N) is 2. The van der Waals surface area contributed by atoms with Crippen LogP contribution < -0.4 is 10.8 Å². The summed E-state index contributed by atoms with van der Waals surface area (Å²) in [5, 5.41) is 12.5. The number of amides is 2. The van der Waals surface area contributed by atoms with Gasteiger partial charge in [0.15, 0.2) is 0 Å². The largest absolute Gasteiger partial charge is 2.00 e. The molecule has 1 atom stereocenters. The van der Waals surface area contributed by atoms with Gasteiger partial charge in [0.2, 0.25) is 5.91 Å². The molecule has 0 saturated carbocycles. The monoisotopic (exact) mass is 870 g/mol. The van der Waals surface area contributed by atoms with Crippen LogP contribution in [0.1, 0.15) is 41.6 Å². The van der Waals surface area contributed by atoms with Crippen LogP contribution in [0.3, 0.4) is 0 Å². The number of thioether (sulfide) groups is 1. The predicted octanol–water partition coefficient (Wildman–Crippen LogP) is 7.09. The fourth-order valence-electron chi connectivity index (χ4n) is 4.78. The first-order valence-corrected chi connectivity index (χ1v) is 15.1. The second-order valence-electron chi connectivity index (χ2n) is 10.1. The summed E-state index contributed by atoms with van der Waals surface area (Å²) in [5.41, 5.74) is 1.93. The first-order valence-electron chi connectivity index (χ1n) is 13.0. The summed E-state index contributed by atoms with van der Waals surface area (Å²) in [6, 6.07) is 5.96. The number of benzene rings is 2. The van der Waals surface area contributed by atoms with E-state index < -0.39 is 35.2 Å². The third kappa shape index (κ3) is 12.2. The number of carbonyl (C=O) groups excluding carboxylic acids is 2. The van der Waals surface area contributed by atoms with Crippen LogP contribution in [0.4, 0.5) is 27.6 Å². The Balaban J connectivity index is 0.000000975. The molecule has 1 unspecified atom stereocenters. The Kier molecular flexibility index (Phi) is 18.6. The number of halogens is 7. The molecule has 2 heterocycles. The number of carbonyl (C=O) groups is 2. The van der Waals surface area contributed by atoms with Crippen molar-refractivity contribution in [3.05, 3.63) is 78.0 Å². The van der Waals surface area contributed by atoms with E-state index in [0.29, 0.717) is 30.0 Å². The molecule has 2 aliphatic heterocycles. The molecule has 2 aliphatic rings. The van der Waals surface area contributed by atoms with Gasteiger partial charge in [-0.15, -0.1) is 0 Å². The third-order valence-corrected chi connectivity index (χ3v) is 8.26. The Morgan fingerprint density at radius 2 is 1.53 bits per heavy atom. The van der Waals surface area contributed by atoms with Gasteiger partial charge < -0.3 is 25.1 Å². The maximum Gasteiger partial charge on any atom is 2.00 e. The number of piperidine rings is 1. The standard InChI is InChI=1S/C18H24Cl2N4O3S.C9H7F5.2CH3.W/c1-28-10-16(25)23-4-2-13(3-5-23)24-8-12(9-24)21-11-6-14(19)17(15(20)7-11)18(26)22-27;1-5(9(12,13)14)6-2-7(10)4-8(11)3-6;;;/h6-7,12-13,21,27H,2-5,8-10H2,1H3,(H,22,26);2-5H,1H3;2*1H3;/q;;2*-1;+2. The van der Waals surface area contributed by atoms with E-state index in [1.165, 1.54) is 0 Å². The number of rotatable bonds is 7. The second-order valence-corrected chi connectivity index (χ2v) is 11.7. The molecule has 7 nitrogen and oxygen atoms in total. The summed E-state index contributed by atoms with van der Waals surface area (Å²) in [7, 11) is 0. The summed E-state index contributed by atoms with van der Waals surface area (Å²) < 4.78 is 61.6. The van der Waals surface area contributed by atoms with Crippen LogP contribution >= 0.6 is 35.0 Å². The van der Waals surface area contributed by atoms with Gasteiger partial charge in [0.25, 0.3) is 5.91 Å². The van der Waals surface area contributed by atoms with E-state index in [1.807, 2.05) is 11.2 Å². The molecule has 252 valence electrons. The minimum absolute atomic E-state index is 0. The van der Waals surface area contributed by atoms with Crippen molar-refractivity contribution in [2.24, 2.45) is 0 Å². The molecule has 0 bridgehead atoms. The van der Waals surface area contributed by atoms with E-state index >= 15 is 0 Å². The minimum atomic E-state index is -4.49. The van der Waals surface area contributed by atoms with Gasteiger partial charge in [-0.3, -0.25) is 19.7 Å². The zero-order valence-corrected chi connectivity index (χ0v) is 30.5. The first kappa shape index (κ1) is 43.4. The molecule has 2 amide bonds. The van der Waals surface area contributed by atoms with Crippen LogP contribution in [0, 0.1) is 26.5 Å². The van der Waals surface area contributed by atoms with Crippen molar-refractivity contribution in [1.82, 2.24) is 15.3 Å². The molecular weight excluding hydrogens is 834 g/mol. The van der Waals surface area contributed by atoms with E-state index in [1.54, 1.807) is 29.4 Å². The van der Waals surface area contributed by atoms with Crippen LogP contribution in [0.2, 0.25) is 10.0 Å². The predicted molar refractivity (Wildman–Crippen MR) is 166 cm³/mol. The van der Waals surface area contributed by atoms with E-state index in [9.17, 15) is 31.5 Å². The second kappa shape index (κ2) is 19.3. The fourth-order valence-corrected chi connectivity index (χ4v) is 5.86. The SMILES string of the molecule is CC(c1cc(F)cc(F)c1)C(F)(F)F.CSCC(=O)N1CCC(N2CC(Nc3cc(Cl)c(C(=O)NO)c(Cl)c3)C2)CC1.[CH3-].[CH3-].[W+2]. The maximum atomic E-state index is 12.6. The van der Waals surface area contributed by atoms with Gasteiger partial charge in [-0.2, -0.15) is 24.9 Å². The Morgan fingerprint density at radius 1 is 1.02 bits per heavy atom. The van der Waals surface area contributed by atoms with E-state index in [-0.39, 0.29) is 63.5 Å². The average Bonchev–Trinajstić information content (AvgIpc) is 2.89. The molecule has 0 aromatic heterocycles. The van der Waals surface area contributed by atoms with Gasteiger partial charge in [0.1, 0.15) is 11.6 Å². The van der Waals surface area contributed by atoms with Crippen LogP contribution in [0.15, 0.2) is 30.3 Å². The average molecular weight is 871 g/mol. The molecule has 2 saturated heterocycles. The Hall–Kier alpha value is -1.63. The van der Waals surface area contributed by atoms with Crippen molar-refractivity contribution in [3.63, 3.8) is 0 Å². The molecule has 2 fully saturated rings. The molecule has 45 heavy (non-hydrogen) atoms. The number of hydroxylamine groups is 1. The number of hydrogen-bond donors (Lipinski definition) is 3. The van der Waals surface area contributed by atoms with Crippen molar-refractivity contribution in [1.29, 1.82) is 0 Å². The summed E-state index contributed by atoms with van der Waals surface area (Å²) >= 11 is 13.8. The molecular formula is C29H37Cl2F5N4O3SW. The Morgan fingerprint density at radius 3 is 1.98 bits per heavy atom. The summed E-state index contributed by atoms with van der Waals surface area (Å²) in [4.78, 5) is 28.0. The van der Waals surface area contributed by atoms with Gasteiger partial charge in [-0.05, 0) is 55.9 Å². The van der Waals surface area contributed by atoms with E-state index in [4.69, 9.17) is 28.4 Å². The molecule has 4 rings (SSSR count). The smallest absolute Gasteiger partial charge is 0.380 e. The number of nitrogens with zero attached hydrogens (tertiary/aromatic N) is 2. The van der Waals surface area contributed by atoms with Crippen molar-refractivity contribution < 1.29 is 57.8 Å². The number of anilines is 1. The number of likely N-dealkylation sites (tertiary alicyclic amines) is 2. The van der Waals surface area contributed by atoms with Gasteiger partial charge in [0, 0.05) is 44.0 Å². The van der Waals surface area contributed by atoms with Gasteiger partial charge in [0.05, 0.1) is 33.3 Å². The van der Waals surface area contributed by atoms with Crippen LogP contribution in [0.25, 0.3) is 0 Å². The molecule has 16 heteroatoms. The summed E-state index contributed by atoms with van der Waals surface area (Å²) in [6.07, 6.45) is -0.516. The van der Waals surface area contributed by atoms with Crippen molar-refractivity contribution in [2.75, 3.05) is 43.5 Å². The van der Waals surface area contributed by atoms with E-state index in [0.717, 1.165) is 51.6 Å². The van der Waals surface area contributed by atoms with Gasteiger partial charge >= 0.3 is 27.2 Å². The number of alkyl halides is 3. The zero-order chi connectivity index (χ0) is 31.2. The third-order valence-electron chi connectivity index (χ3n) is 7.13. The van der Waals surface area contributed by atoms with E-state index in [2.05, 4.69) is 10.2 Å². The fraction of sp³-hybridized carbons (Fsp3) is 0.448. The first-order chi connectivity index (χ1) is 19.7. The van der Waals surface area contributed by atoms with Crippen LogP contribution in [-0.4, -0.2) is 83.3 Å². The quantitative estimate of drug-likeness (QED) is 0.119. The molecule has 0 spiro atoms. The molecule has 3 N–H and O–H groups in total. The maximum absolute atomic E-state index is 12.6. The summed E-state index contributed by atoms with van der Waals surface area (Å²) in [5.74, 6) is -3.82. The van der Waals surface area contributed by atoms with Crippen molar-refractivity contribution >= 4 is 52.5 Å². The topological polar surface area (TPSA) is 84.9 Å². The molecule has 0 radical (unpaired) electrons. The Labute approximate surface area is 289 Å². The van der Waals surface area contributed by atoms with Crippen molar-refractivity contribution in [2.45, 2.75) is 43.9 Å². The molecule has 0 aliphatic carbocycles. The Bertz CT molecular complexity index is 1220. The van der Waals surface area contributed by atoms with Gasteiger partial charge in [-0.1, -0.05) is 23.2 Å². The van der Waals surface area contributed by atoms with Crippen LogP contribution in [-0.2, 0) is 25.9 Å². The van der Waals surface area contributed by atoms with Gasteiger partial charge in [-0.25, -0.2) is 14.3 Å².